The van der Waals surface area contributed by atoms with E-state index in [1.165, 1.54) is 19.3 Å². The van der Waals surface area contributed by atoms with Crippen molar-refractivity contribution in [1.29, 1.82) is 0 Å². The molecule has 264 valence electrons. The van der Waals surface area contributed by atoms with Gasteiger partial charge >= 0.3 is 0 Å². The van der Waals surface area contributed by atoms with Crippen LogP contribution in [-0.4, -0.2) is 89.6 Å². The third-order valence-electron chi connectivity index (χ3n) is 10.9. The monoisotopic (exact) mass is 689 g/mol. The minimum Gasteiger partial charge on any atom is -0.494 e. The highest BCUT2D eigenvalue weighted by Crippen LogP contribution is 2.37. The van der Waals surface area contributed by atoms with Gasteiger partial charge in [0, 0.05) is 45.2 Å². The van der Waals surface area contributed by atoms with Crippen LogP contribution >= 0.6 is 12.6 Å². The molecule has 6 rings (SSSR count). The molecule has 3 fully saturated rings. The van der Waals surface area contributed by atoms with Gasteiger partial charge in [0.15, 0.2) is 0 Å². The normalized spacial score (nSPS) is 28.2. The maximum absolute atomic E-state index is 14.1. The van der Waals surface area contributed by atoms with Crippen LogP contribution in [0.5, 0.6) is 5.75 Å². The largest absolute Gasteiger partial charge is 0.494 e. The van der Waals surface area contributed by atoms with Crippen LogP contribution in [0.2, 0.25) is 0 Å². The standard InChI is InChI=1S/C38H51N5O5S/c1-25-9-13-31-21-29(25)22-39-36(45)32(14-11-26-6-3-2-4-7-26)40-37(46)34(41-33(44)15-18-42-24-28-10-12-30(42)20-28)35(49)38(47)43-17-5-8-27(23-43)16-19-48-31/h2-4,6-7,9,13,21,27-28,30,32,34-35,49H,5,8,10-12,14-20,22-24H2,1H3,(H,39,45)(H,40,46)(H,41,44)/t27?,28?,30?,32-,34-,35?/m0/s1. The first-order chi connectivity index (χ1) is 23.7. The predicted molar refractivity (Wildman–Crippen MR) is 191 cm³/mol. The zero-order valence-corrected chi connectivity index (χ0v) is 29.5. The first-order valence-electron chi connectivity index (χ1n) is 18.1. The van der Waals surface area contributed by atoms with Gasteiger partial charge in [-0.1, -0.05) is 36.4 Å². The molecule has 1 aliphatic carbocycles. The second-order valence-corrected chi connectivity index (χ2v) is 14.9. The maximum Gasteiger partial charge on any atom is 0.244 e. The number of thiol groups is 1. The number of fused-ring (bicyclic) bond motifs is 6. The molecule has 1 saturated carbocycles. The van der Waals surface area contributed by atoms with Crippen molar-refractivity contribution < 1.29 is 23.9 Å². The Bertz CT molecular complexity index is 1490. The summed E-state index contributed by atoms with van der Waals surface area (Å²) in [5, 5.41) is 7.71. The molecular weight excluding hydrogens is 639 g/mol. The van der Waals surface area contributed by atoms with E-state index in [-0.39, 0.29) is 36.6 Å². The Labute approximate surface area is 295 Å². The molecule has 0 aromatic heterocycles. The first kappa shape index (κ1) is 35.3. The van der Waals surface area contributed by atoms with Crippen molar-refractivity contribution in [2.24, 2.45) is 11.8 Å². The minimum atomic E-state index is -1.24. The van der Waals surface area contributed by atoms with Crippen molar-refractivity contribution in [3.05, 3.63) is 65.2 Å². The molecule has 4 amide bonds. The number of benzene rings is 2. The van der Waals surface area contributed by atoms with Gasteiger partial charge in [-0.25, -0.2) is 0 Å². The Balaban J connectivity index is 1.23. The molecule has 6 atom stereocenters. The predicted octanol–water partition coefficient (Wildman–Crippen LogP) is 3.41. The molecule has 10 nitrogen and oxygen atoms in total. The SMILES string of the molecule is Cc1ccc2cc1CNC(=O)[C@H](CCc1ccccc1)NC(=O)[C@@H](NC(=O)CCN1CC3CCC1C3)C(S)C(=O)N1CCCC(CCO2)C1. The van der Waals surface area contributed by atoms with Gasteiger partial charge in [0.25, 0.3) is 0 Å². The lowest BCUT2D eigenvalue weighted by Crippen LogP contribution is -2.60. The number of amides is 4. The van der Waals surface area contributed by atoms with Crippen molar-refractivity contribution in [2.45, 2.75) is 94.6 Å². The van der Waals surface area contributed by atoms with Crippen LogP contribution < -0.4 is 20.7 Å². The van der Waals surface area contributed by atoms with Crippen LogP contribution in [0.4, 0.5) is 0 Å². The fourth-order valence-corrected chi connectivity index (χ4v) is 8.35. The van der Waals surface area contributed by atoms with E-state index in [0.29, 0.717) is 51.0 Å². The smallest absolute Gasteiger partial charge is 0.244 e. The van der Waals surface area contributed by atoms with E-state index in [4.69, 9.17) is 17.4 Å². The van der Waals surface area contributed by atoms with E-state index in [9.17, 15) is 19.2 Å². The van der Waals surface area contributed by atoms with Crippen LogP contribution in [-0.2, 0) is 32.1 Å². The van der Waals surface area contributed by atoms with Crippen LogP contribution in [0.3, 0.4) is 0 Å². The number of carbonyl (C=O) groups excluding carboxylic acids is 4. The summed E-state index contributed by atoms with van der Waals surface area (Å²) >= 11 is 4.71. The molecule has 6 bridgehead atoms. The molecule has 4 unspecified atom stereocenters. The summed E-state index contributed by atoms with van der Waals surface area (Å²) in [5.74, 6) is 0.183. The summed E-state index contributed by atoms with van der Waals surface area (Å²) in [6.07, 6.45) is 7.34. The number of ether oxygens (including phenoxy) is 1. The summed E-state index contributed by atoms with van der Waals surface area (Å²) < 4.78 is 6.13. The van der Waals surface area contributed by atoms with E-state index in [1.54, 1.807) is 4.90 Å². The zero-order chi connectivity index (χ0) is 34.3. The van der Waals surface area contributed by atoms with Gasteiger partial charge in [-0.15, -0.1) is 0 Å². The highest BCUT2D eigenvalue weighted by Gasteiger charge is 2.40. The van der Waals surface area contributed by atoms with Crippen LogP contribution in [0.25, 0.3) is 0 Å². The fourth-order valence-electron chi connectivity index (χ4n) is 7.97. The van der Waals surface area contributed by atoms with E-state index in [0.717, 1.165) is 48.2 Å². The summed E-state index contributed by atoms with van der Waals surface area (Å²) in [5.41, 5.74) is 2.99. The second kappa shape index (κ2) is 16.4. The summed E-state index contributed by atoms with van der Waals surface area (Å²) in [4.78, 5) is 59.4. The van der Waals surface area contributed by atoms with Crippen LogP contribution in [0, 0.1) is 18.8 Å². The van der Waals surface area contributed by atoms with E-state index < -0.39 is 23.2 Å². The second-order valence-electron chi connectivity index (χ2n) is 14.4. The molecule has 3 heterocycles. The van der Waals surface area contributed by atoms with Gasteiger partial charge in [-0.2, -0.15) is 12.6 Å². The summed E-state index contributed by atoms with van der Waals surface area (Å²) in [6.45, 7) is 5.51. The molecule has 2 aromatic rings. The number of carbonyl (C=O) groups is 4. The summed E-state index contributed by atoms with van der Waals surface area (Å²) in [7, 11) is 0. The topological polar surface area (TPSA) is 120 Å². The average Bonchev–Trinajstić information content (AvgIpc) is 3.75. The fraction of sp³-hybridized carbons (Fsp3) is 0.579. The van der Waals surface area contributed by atoms with Crippen molar-refractivity contribution in [3.63, 3.8) is 0 Å². The van der Waals surface area contributed by atoms with E-state index in [1.807, 2.05) is 55.5 Å². The number of hydrogen-bond acceptors (Lipinski definition) is 7. The van der Waals surface area contributed by atoms with Crippen molar-refractivity contribution in [2.75, 3.05) is 32.8 Å². The molecule has 11 heteroatoms. The van der Waals surface area contributed by atoms with Gasteiger partial charge in [-0.3, -0.25) is 24.1 Å². The van der Waals surface area contributed by atoms with E-state index >= 15 is 0 Å². The third kappa shape index (κ3) is 9.16. The molecule has 3 aliphatic heterocycles. The quantitative estimate of drug-likeness (QED) is 0.331. The first-order valence-corrected chi connectivity index (χ1v) is 18.6. The van der Waals surface area contributed by atoms with Crippen molar-refractivity contribution in [3.8, 4) is 5.75 Å². The maximum atomic E-state index is 14.1. The molecule has 2 aromatic carbocycles. The molecule has 49 heavy (non-hydrogen) atoms. The summed E-state index contributed by atoms with van der Waals surface area (Å²) in [6, 6.07) is 14.1. The van der Waals surface area contributed by atoms with E-state index in [2.05, 4.69) is 20.9 Å². The number of nitrogens with one attached hydrogen (secondary N) is 3. The van der Waals surface area contributed by atoms with Crippen molar-refractivity contribution >= 4 is 36.3 Å². The van der Waals surface area contributed by atoms with Gasteiger partial charge in [-0.05, 0) is 98.9 Å². The Morgan fingerprint density at radius 3 is 2.61 bits per heavy atom. The number of likely N-dealkylation sites (tertiary alicyclic amines) is 1. The Kier molecular flexibility index (Phi) is 11.8. The van der Waals surface area contributed by atoms with Crippen LogP contribution in [0.1, 0.15) is 68.1 Å². The Morgan fingerprint density at radius 2 is 1.84 bits per heavy atom. The molecule has 2 saturated heterocycles. The number of aryl methyl sites for hydroxylation is 2. The number of nitrogens with zero attached hydrogens (tertiary/aromatic N) is 2. The Hall–Kier alpha value is -3.57. The lowest BCUT2D eigenvalue weighted by Gasteiger charge is -2.36. The minimum absolute atomic E-state index is 0.226. The lowest BCUT2D eigenvalue weighted by atomic mass is 9.94. The van der Waals surface area contributed by atoms with Crippen molar-refractivity contribution in [1.82, 2.24) is 25.8 Å². The van der Waals surface area contributed by atoms with Gasteiger partial charge in [0.1, 0.15) is 23.1 Å². The van der Waals surface area contributed by atoms with Gasteiger partial charge in [0.05, 0.1) is 6.61 Å². The average molecular weight is 690 g/mol. The zero-order valence-electron chi connectivity index (χ0n) is 28.6. The third-order valence-corrected chi connectivity index (χ3v) is 11.4. The molecule has 0 radical (unpaired) electrons. The van der Waals surface area contributed by atoms with Crippen LogP contribution in [0.15, 0.2) is 48.5 Å². The van der Waals surface area contributed by atoms with Gasteiger partial charge < -0.3 is 25.6 Å². The lowest BCUT2D eigenvalue weighted by molar-refractivity contribution is -0.137. The number of piperidine rings is 2. The molecule has 4 aliphatic rings. The van der Waals surface area contributed by atoms with Gasteiger partial charge in [0.2, 0.25) is 23.6 Å². The highest BCUT2D eigenvalue weighted by molar-refractivity contribution is 7.82. The molecule has 3 N–H and O–H groups in total. The highest BCUT2D eigenvalue weighted by atomic mass is 32.1. The molecular formula is C38H51N5O5S. The number of rotatable bonds is 7. The molecule has 0 spiro atoms. The number of hydrogen-bond donors (Lipinski definition) is 4. The Morgan fingerprint density at radius 1 is 1.00 bits per heavy atom.